The van der Waals surface area contributed by atoms with Crippen molar-refractivity contribution in [3.8, 4) is 0 Å². The van der Waals surface area contributed by atoms with Crippen LogP contribution < -0.4 is 5.73 Å². The molecule has 0 spiro atoms. The normalized spacial score (nSPS) is 11.2. The summed E-state index contributed by atoms with van der Waals surface area (Å²) in [5, 5.41) is 2.67. The molecular formula is C15H20N2. The van der Waals surface area contributed by atoms with Gasteiger partial charge in [-0.1, -0.05) is 49.4 Å². The van der Waals surface area contributed by atoms with E-state index in [4.69, 9.17) is 5.73 Å². The molecule has 2 rings (SSSR count). The lowest BCUT2D eigenvalue weighted by Crippen LogP contribution is -2.28. The van der Waals surface area contributed by atoms with E-state index in [0.29, 0.717) is 0 Å². The van der Waals surface area contributed by atoms with E-state index in [2.05, 4.69) is 54.3 Å². The average molecular weight is 228 g/mol. The van der Waals surface area contributed by atoms with E-state index in [1.165, 1.54) is 16.3 Å². The minimum absolute atomic E-state index is 0.721. The van der Waals surface area contributed by atoms with Crippen LogP contribution in [-0.2, 0) is 6.54 Å². The molecule has 17 heavy (non-hydrogen) atoms. The van der Waals surface area contributed by atoms with Crippen LogP contribution in [0.15, 0.2) is 42.5 Å². The molecule has 0 heterocycles. The third-order valence-corrected chi connectivity index (χ3v) is 3.17. The topological polar surface area (TPSA) is 29.3 Å². The molecule has 2 nitrogen and oxygen atoms in total. The van der Waals surface area contributed by atoms with Crippen LogP contribution in [0.4, 0.5) is 0 Å². The van der Waals surface area contributed by atoms with Gasteiger partial charge in [-0.25, -0.2) is 0 Å². The maximum atomic E-state index is 5.63. The Balaban J connectivity index is 2.28. The third-order valence-electron chi connectivity index (χ3n) is 3.17. The molecule has 0 saturated carbocycles. The van der Waals surface area contributed by atoms with Crippen LogP contribution in [0.2, 0.25) is 0 Å². The number of hydrogen-bond acceptors (Lipinski definition) is 2. The summed E-state index contributed by atoms with van der Waals surface area (Å²) < 4.78 is 0. The van der Waals surface area contributed by atoms with Gasteiger partial charge < -0.3 is 5.73 Å². The van der Waals surface area contributed by atoms with Gasteiger partial charge in [-0.2, -0.15) is 0 Å². The van der Waals surface area contributed by atoms with E-state index in [-0.39, 0.29) is 0 Å². The largest absolute Gasteiger partial charge is 0.329 e. The molecule has 0 amide bonds. The third kappa shape index (κ3) is 2.84. The van der Waals surface area contributed by atoms with Crippen LogP contribution in [0.3, 0.4) is 0 Å². The monoisotopic (exact) mass is 228 g/mol. The van der Waals surface area contributed by atoms with Crippen molar-refractivity contribution >= 4 is 10.8 Å². The molecule has 0 saturated heterocycles. The lowest BCUT2D eigenvalue weighted by Gasteiger charge is -2.20. The van der Waals surface area contributed by atoms with Crippen molar-refractivity contribution in [2.75, 3.05) is 19.6 Å². The fraction of sp³-hybridized carbons (Fsp3) is 0.333. The minimum Gasteiger partial charge on any atom is -0.329 e. The lowest BCUT2D eigenvalue weighted by molar-refractivity contribution is 0.289. The van der Waals surface area contributed by atoms with Gasteiger partial charge in [0.1, 0.15) is 0 Å². The van der Waals surface area contributed by atoms with Crippen LogP contribution in [0.25, 0.3) is 10.8 Å². The summed E-state index contributed by atoms with van der Waals surface area (Å²) in [7, 11) is 0. The minimum atomic E-state index is 0.721. The lowest BCUT2D eigenvalue weighted by atomic mass is 10.0. The summed E-state index contributed by atoms with van der Waals surface area (Å²) in [6, 6.07) is 15.1. The van der Waals surface area contributed by atoms with Gasteiger partial charge >= 0.3 is 0 Å². The number of benzene rings is 2. The summed E-state index contributed by atoms with van der Waals surface area (Å²) in [6.45, 7) is 5.88. The molecule has 90 valence electrons. The van der Waals surface area contributed by atoms with Gasteiger partial charge in [0.15, 0.2) is 0 Å². The highest BCUT2D eigenvalue weighted by Crippen LogP contribution is 2.19. The highest BCUT2D eigenvalue weighted by atomic mass is 15.1. The van der Waals surface area contributed by atoms with Crippen LogP contribution in [-0.4, -0.2) is 24.5 Å². The fourth-order valence-electron chi connectivity index (χ4n) is 2.20. The number of hydrogen-bond donors (Lipinski definition) is 1. The summed E-state index contributed by atoms with van der Waals surface area (Å²) in [4.78, 5) is 2.38. The first kappa shape index (κ1) is 12.1. The molecule has 0 aromatic heterocycles. The Morgan fingerprint density at radius 2 is 1.82 bits per heavy atom. The van der Waals surface area contributed by atoms with Crippen LogP contribution >= 0.6 is 0 Å². The Hall–Kier alpha value is -1.38. The van der Waals surface area contributed by atoms with Gasteiger partial charge in [0.05, 0.1) is 0 Å². The van der Waals surface area contributed by atoms with Crippen molar-refractivity contribution in [2.24, 2.45) is 5.73 Å². The molecule has 2 N–H and O–H groups in total. The molecule has 0 bridgehead atoms. The van der Waals surface area contributed by atoms with Gasteiger partial charge in [0, 0.05) is 19.6 Å². The number of nitrogens with zero attached hydrogens (tertiary/aromatic N) is 1. The smallest absolute Gasteiger partial charge is 0.0240 e. The van der Waals surface area contributed by atoms with Crippen molar-refractivity contribution in [3.05, 3.63) is 48.0 Å². The second-order valence-electron chi connectivity index (χ2n) is 4.30. The van der Waals surface area contributed by atoms with Crippen LogP contribution in [0.5, 0.6) is 0 Å². The highest BCUT2D eigenvalue weighted by Gasteiger charge is 2.05. The Morgan fingerprint density at radius 1 is 1.06 bits per heavy atom. The van der Waals surface area contributed by atoms with Crippen molar-refractivity contribution in [3.63, 3.8) is 0 Å². The first-order valence-electron chi connectivity index (χ1n) is 6.24. The maximum Gasteiger partial charge on any atom is 0.0240 e. The SMILES string of the molecule is CCN(CCN)Cc1cccc2ccccc12. The molecular weight excluding hydrogens is 208 g/mol. The van der Waals surface area contributed by atoms with Crippen molar-refractivity contribution < 1.29 is 0 Å². The van der Waals surface area contributed by atoms with Crippen molar-refractivity contribution in [2.45, 2.75) is 13.5 Å². The van der Waals surface area contributed by atoms with Gasteiger partial charge in [-0.15, -0.1) is 0 Å². The second-order valence-corrected chi connectivity index (χ2v) is 4.30. The van der Waals surface area contributed by atoms with Crippen molar-refractivity contribution in [1.29, 1.82) is 0 Å². The van der Waals surface area contributed by atoms with Gasteiger partial charge in [0.25, 0.3) is 0 Å². The number of likely N-dealkylation sites (N-methyl/N-ethyl adjacent to an activating group) is 1. The number of fused-ring (bicyclic) bond motifs is 1. The zero-order valence-electron chi connectivity index (χ0n) is 10.4. The summed E-state index contributed by atoms with van der Waals surface area (Å²) in [5.74, 6) is 0. The summed E-state index contributed by atoms with van der Waals surface area (Å²) in [5.41, 5.74) is 7.02. The molecule has 2 aromatic rings. The Bertz CT molecular complexity index is 474. The van der Waals surface area contributed by atoms with Crippen molar-refractivity contribution in [1.82, 2.24) is 4.90 Å². The van der Waals surface area contributed by atoms with E-state index >= 15 is 0 Å². The summed E-state index contributed by atoms with van der Waals surface area (Å²) in [6.07, 6.45) is 0. The first-order chi connectivity index (χ1) is 8.35. The van der Waals surface area contributed by atoms with Gasteiger partial charge in [-0.05, 0) is 22.9 Å². The highest BCUT2D eigenvalue weighted by molar-refractivity contribution is 5.85. The molecule has 2 aromatic carbocycles. The predicted octanol–water partition coefficient (Wildman–Crippen LogP) is 2.62. The Labute approximate surface area is 103 Å². The summed E-state index contributed by atoms with van der Waals surface area (Å²) >= 11 is 0. The Morgan fingerprint density at radius 3 is 2.59 bits per heavy atom. The van der Waals surface area contributed by atoms with E-state index in [1.807, 2.05) is 0 Å². The molecule has 0 aliphatic heterocycles. The van der Waals surface area contributed by atoms with E-state index in [9.17, 15) is 0 Å². The number of rotatable bonds is 5. The second kappa shape index (κ2) is 5.80. The zero-order valence-corrected chi connectivity index (χ0v) is 10.4. The van der Waals surface area contributed by atoms with Crippen LogP contribution in [0.1, 0.15) is 12.5 Å². The van der Waals surface area contributed by atoms with Gasteiger partial charge in [-0.3, -0.25) is 4.90 Å². The molecule has 0 aliphatic carbocycles. The zero-order chi connectivity index (χ0) is 12.1. The number of nitrogens with two attached hydrogens (primary N) is 1. The van der Waals surface area contributed by atoms with Crippen LogP contribution in [0, 0.1) is 0 Å². The average Bonchev–Trinajstić information content (AvgIpc) is 2.38. The quantitative estimate of drug-likeness (QED) is 0.852. The molecule has 0 aliphatic rings. The molecule has 0 fully saturated rings. The maximum absolute atomic E-state index is 5.63. The van der Waals surface area contributed by atoms with E-state index < -0.39 is 0 Å². The van der Waals surface area contributed by atoms with E-state index in [0.717, 1.165) is 26.2 Å². The fourth-order valence-corrected chi connectivity index (χ4v) is 2.20. The molecule has 0 atom stereocenters. The molecule has 2 heteroatoms. The molecule has 0 radical (unpaired) electrons. The van der Waals surface area contributed by atoms with E-state index in [1.54, 1.807) is 0 Å². The molecule has 0 unspecified atom stereocenters. The predicted molar refractivity (Wildman–Crippen MR) is 74.0 cm³/mol. The Kier molecular flexibility index (Phi) is 4.13. The standard InChI is InChI=1S/C15H20N2/c1-2-17(11-10-16)12-14-8-5-7-13-6-3-4-9-15(13)14/h3-9H,2,10-12,16H2,1H3. The first-order valence-corrected chi connectivity index (χ1v) is 6.24. The van der Waals surface area contributed by atoms with Gasteiger partial charge in [0.2, 0.25) is 0 Å².